The van der Waals surface area contributed by atoms with Crippen LogP contribution in [0, 0.1) is 17.1 Å². The number of carbonyl (C=O) groups is 2. The second kappa shape index (κ2) is 11.4. The van der Waals surface area contributed by atoms with Crippen LogP contribution in [0.3, 0.4) is 0 Å². The highest BCUT2D eigenvalue weighted by molar-refractivity contribution is 7.10. The van der Waals surface area contributed by atoms with Crippen molar-refractivity contribution in [2.45, 2.75) is 44.1 Å². The van der Waals surface area contributed by atoms with Crippen LogP contribution in [-0.4, -0.2) is 45.7 Å². The molecule has 2 aromatic carbocycles. The highest BCUT2D eigenvalue weighted by Gasteiger charge is 2.38. The van der Waals surface area contributed by atoms with Crippen LogP contribution in [0.15, 0.2) is 60.0 Å². The van der Waals surface area contributed by atoms with Crippen LogP contribution in [0.25, 0.3) is 0 Å². The molecule has 1 aliphatic rings. The zero-order valence-corrected chi connectivity index (χ0v) is 20.2. The second-order valence-electron chi connectivity index (χ2n) is 8.72. The third kappa shape index (κ3) is 5.79. The number of carbonyl (C=O) groups excluding carboxylic acids is 2. The average molecular weight is 508 g/mol. The molecule has 0 aliphatic carbocycles. The third-order valence-corrected chi connectivity index (χ3v) is 7.27. The SMILES string of the molecule is N#Cc1ccccc1Cc1csc(CNC(=O)C(O)[C@@H](O)C(=O)N2CCCC2c2ccc(F)cc2)c1. The monoisotopic (exact) mass is 507 g/mol. The lowest BCUT2D eigenvalue weighted by molar-refractivity contribution is -0.153. The molecule has 7 nitrogen and oxygen atoms in total. The van der Waals surface area contributed by atoms with E-state index in [0.717, 1.165) is 21.6 Å². The first-order chi connectivity index (χ1) is 17.4. The number of aliphatic hydroxyl groups excluding tert-OH is 2. The van der Waals surface area contributed by atoms with Crippen molar-refractivity contribution in [2.24, 2.45) is 0 Å². The molecule has 1 fully saturated rings. The Labute approximate surface area is 212 Å². The number of hydrogen-bond acceptors (Lipinski definition) is 6. The molecule has 3 N–H and O–H groups in total. The van der Waals surface area contributed by atoms with Gasteiger partial charge in [0.15, 0.2) is 12.2 Å². The highest BCUT2D eigenvalue weighted by atomic mass is 32.1. The van der Waals surface area contributed by atoms with Gasteiger partial charge in [-0.1, -0.05) is 30.3 Å². The minimum atomic E-state index is -1.92. The summed E-state index contributed by atoms with van der Waals surface area (Å²) < 4.78 is 13.3. The Morgan fingerprint density at radius 1 is 1.17 bits per heavy atom. The summed E-state index contributed by atoms with van der Waals surface area (Å²) in [6.07, 6.45) is -1.91. The molecule has 4 rings (SSSR count). The summed E-state index contributed by atoms with van der Waals surface area (Å²) in [5.41, 5.74) is 3.24. The first kappa shape index (κ1) is 25.5. The largest absolute Gasteiger partial charge is 0.380 e. The van der Waals surface area contributed by atoms with Crippen molar-refractivity contribution in [3.63, 3.8) is 0 Å². The molecule has 2 unspecified atom stereocenters. The fourth-order valence-electron chi connectivity index (χ4n) is 4.40. The van der Waals surface area contributed by atoms with Crippen LogP contribution < -0.4 is 5.32 Å². The second-order valence-corrected chi connectivity index (χ2v) is 9.71. The van der Waals surface area contributed by atoms with E-state index in [1.807, 2.05) is 29.6 Å². The van der Waals surface area contributed by atoms with Gasteiger partial charge in [0.2, 0.25) is 0 Å². The van der Waals surface area contributed by atoms with Gasteiger partial charge in [-0.25, -0.2) is 4.39 Å². The number of thiophene rings is 1. The van der Waals surface area contributed by atoms with Gasteiger partial charge in [-0.05, 0) is 65.6 Å². The van der Waals surface area contributed by atoms with Crippen molar-refractivity contribution < 1.29 is 24.2 Å². The number of benzene rings is 2. The number of aliphatic hydroxyl groups is 2. The van der Waals surface area contributed by atoms with E-state index in [0.29, 0.717) is 31.4 Å². The Morgan fingerprint density at radius 2 is 1.92 bits per heavy atom. The summed E-state index contributed by atoms with van der Waals surface area (Å²) in [6, 6.07) is 16.9. The number of rotatable bonds is 8. The molecule has 2 amide bonds. The molecule has 9 heteroatoms. The lowest BCUT2D eigenvalue weighted by atomic mass is 10.0. The maximum atomic E-state index is 13.3. The van der Waals surface area contributed by atoms with E-state index >= 15 is 0 Å². The average Bonchev–Trinajstić information content (AvgIpc) is 3.56. The number of nitrogens with one attached hydrogen (secondary N) is 1. The van der Waals surface area contributed by atoms with Gasteiger partial charge in [0, 0.05) is 11.4 Å². The van der Waals surface area contributed by atoms with E-state index < -0.39 is 24.0 Å². The van der Waals surface area contributed by atoms with E-state index in [2.05, 4.69) is 11.4 Å². The van der Waals surface area contributed by atoms with Crippen LogP contribution in [0.4, 0.5) is 4.39 Å². The molecular formula is C27H26FN3O4S. The number of halogens is 1. The Morgan fingerprint density at radius 3 is 2.67 bits per heavy atom. The van der Waals surface area contributed by atoms with Gasteiger partial charge in [-0.3, -0.25) is 9.59 Å². The van der Waals surface area contributed by atoms with Crippen LogP contribution in [-0.2, 0) is 22.6 Å². The Kier molecular flexibility index (Phi) is 8.10. The van der Waals surface area contributed by atoms with Crippen LogP contribution in [0.5, 0.6) is 0 Å². The van der Waals surface area contributed by atoms with Gasteiger partial charge < -0.3 is 20.4 Å². The molecule has 0 radical (unpaired) electrons. The molecule has 3 atom stereocenters. The Bertz CT molecular complexity index is 1270. The molecule has 36 heavy (non-hydrogen) atoms. The fourth-order valence-corrected chi connectivity index (χ4v) is 5.23. The van der Waals surface area contributed by atoms with Gasteiger partial charge in [-0.15, -0.1) is 11.3 Å². The Balaban J connectivity index is 1.32. The predicted molar refractivity (Wildman–Crippen MR) is 132 cm³/mol. The number of hydrogen-bond donors (Lipinski definition) is 3. The van der Waals surface area contributed by atoms with Gasteiger partial charge in [0.05, 0.1) is 24.2 Å². The quantitative estimate of drug-likeness (QED) is 0.434. The maximum absolute atomic E-state index is 13.3. The molecule has 3 aromatic rings. The van der Waals surface area contributed by atoms with E-state index in [9.17, 15) is 29.5 Å². The maximum Gasteiger partial charge on any atom is 0.255 e. The molecule has 186 valence electrons. The molecule has 0 spiro atoms. The number of nitrogens with zero attached hydrogens (tertiary/aromatic N) is 2. The molecule has 1 aliphatic heterocycles. The minimum Gasteiger partial charge on any atom is -0.380 e. The van der Waals surface area contributed by atoms with E-state index in [1.54, 1.807) is 18.2 Å². The minimum absolute atomic E-state index is 0.128. The van der Waals surface area contributed by atoms with E-state index in [-0.39, 0.29) is 18.4 Å². The third-order valence-electron chi connectivity index (χ3n) is 6.29. The summed E-state index contributed by atoms with van der Waals surface area (Å²) in [5, 5.41) is 34.6. The number of nitriles is 1. The zero-order valence-electron chi connectivity index (χ0n) is 19.4. The normalized spacial score (nSPS) is 16.8. The molecule has 0 bridgehead atoms. The van der Waals surface area contributed by atoms with Crippen molar-refractivity contribution >= 4 is 23.2 Å². The van der Waals surface area contributed by atoms with Crippen molar-refractivity contribution in [3.8, 4) is 6.07 Å². The number of amides is 2. The van der Waals surface area contributed by atoms with Gasteiger partial charge in [-0.2, -0.15) is 5.26 Å². The van der Waals surface area contributed by atoms with Crippen LogP contribution in [0.1, 0.15) is 46.0 Å². The summed E-state index contributed by atoms with van der Waals surface area (Å²) in [7, 11) is 0. The fraction of sp³-hybridized carbons (Fsp3) is 0.296. The molecular weight excluding hydrogens is 481 g/mol. The predicted octanol–water partition coefficient (Wildman–Crippen LogP) is 3.05. The smallest absolute Gasteiger partial charge is 0.255 e. The first-order valence-corrected chi connectivity index (χ1v) is 12.5. The Hall–Kier alpha value is -3.58. The van der Waals surface area contributed by atoms with Crippen LogP contribution >= 0.6 is 11.3 Å². The van der Waals surface area contributed by atoms with Gasteiger partial charge in [0.1, 0.15) is 5.82 Å². The topological polar surface area (TPSA) is 114 Å². The molecule has 0 saturated carbocycles. The lowest BCUT2D eigenvalue weighted by Crippen LogP contribution is -2.50. The van der Waals surface area contributed by atoms with Crippen LogP contribution in [0.2, 0.25) is 0 Å². The van der Waals surface area contributed by atoms with E-state index in [4.69, 9.17) is 0 Å². The first-order valence-electron chi connectivity index (χ1n) is 11.6. The van der Waals surface area contributed by atoms with E-state index in [1.165, 1.54) is 28.4 Å². The summed E-state index contributed by atoms with van der Waals surface area (Å²) in [5.74, 6) is -1.97. The lowest BCUT2D eigenvalue weighted by Gasteiger charge is -2.28. The summed E-state index contributed by atoms with van der Waals surface area (Å²) in [4.78, 5) is 27.6. The highest BCUT2D eigenvalue weighted by Crippen LogP contribution is 2.32. The standard InChI is InChI=1S/C27H26FN3O4S/c28-21-9-7-18(8-10-21)23-6-3-11-31(23)27(35)25(33)24(32)26(34)30-15-22-13-17(16-36-22)12-19-4-1-2-5-20(19)14-29/h1-2,4-5,7-10,13,16,23-25,32-33H,3,6,11-12,15H2,(H,30,34)/t23?,24?,25-/m1/s1. The number of likely N-dealkylation sites (tertiary alicyclic amines) is 1. The van der Waals surface area contributed by atoms with Crippen molar-refractivity contribution in [2.75, 3.05) is 6.54 Å². The van der Waals surface area contributed by atoms with Gasteiger partial charge >= 0.3 is 0 Å². The molecule has 1 saturated heterocycles. The zero-order chi connectivity index (χ0) is 25.7. The van der Waals surface area contributed by atoms with Crippen molar-refractivity contribution in [1.29, 1.82) is 5.26 Å². The summed E-state index contributed by atoms with van der Waals surface area (Å²) in [6.45, 7) is 0.502. The van der Waals surface area contributed by atoms with Crippen molar-refractivity contribution in [3.05, 3.63) is 92.9 Å². The van der Waals surface area contributed by atoms with Crippen molar-refractivity contribution in [1.82, 2.24) is 10.2 Å². The molecule has 1 aromatic heterocycles. The van der Waals surface area contributed by atoms with Gasteiger partial charge in [0.25, 0.3) is 11.8 Å². The molecule has 2 heterocycles. The summed E-state index contributed by atoms with van der Waals surface area (Å²) >= 11 is 1.43.